The van der Waals surface area contributed by atoms with Crippen molar-refractivity contribution < 1.29 is 4.79 Å². The quantitative estimate of drug-likeness (QED) is 0.729. The predicted molar refractivity (Wildman–Crippen MR) is 80.0 cm³/mol. The standard InChI is InChI=1S/C17H16N2O/c1-2-6-16-18-14-10-9-13(11-15(14)19-16)17(20)12-7-4-3-5-8-12/h3-5,7-11H,2,6H2,1H3,(H,18,19). The molecule has 100 valence electrons. The number of H-pyrrole nitrogens is 1. The molecule has 0 saturated heterocycles. The fourth-order valence-electron chi connectivity index (χ4n) is 2.31. The van der Waals surface area contributed by atoms with E-state index < -0.39 is 0 Å². The minimum atomic E-state index is 0.0348. The molecule has 0 atom stereocenters. The number of aryl methyl sites for hydroxylation is 1. The van der Waals surface area contributed by atoms with Gasteiger partial charge in [0.25, 0.3) is 0 Å². The number of carbonyl (C=O) groups excluding carboxylic acids is 1. The molecular weight excluding hydrogens is 248 g/mol. The maximum Gasteiger partial charge on any atom is 0.193 e. The van der Waals surface area contributed by atoms with Gasteiger partial charge in [-0.05, 0) is 24.6 Å². The van der Waals surface area contributed by atoms with Gasteiger partial charge in [0, 0.05) is 17.5 Å². The van der Waals surface area contributed by atoms with Crippen LogP contribution in [0.1, 0.15) is 35.1 Å². The number of nitrogens with zero attached hydrogens (tertiary/aromatic N) is 1. The number of ketones is 1. The SMILES string of the molecule is CCCc1nc2cc(C(=O)c3ccccc3)ccc2[nH]1. The summed E-state index contributed by atoms with van der Waals surface area (Å²) in [7, 11) is 0. The highest BCUT2D eigenvalue weighted by molar-refractivity contribution is 6.10. The second-order valence-corrected chi connectivity index (χ2v) is 4.86. The largest absolute Gasteiger partial charge is 0.342 e. The lowest BCUT2D eigenvalue weighted by Crippen LogP contribution is -2.00. The molecule has 0 bridgehead atoms. The Morgan fingerprint density at radius 1 is 1.10 bits per heavy atom. The molecule has 0 amide bonds. The Bertz CT molecular complexity index is 744. The number of aromatic amines is 1. The van der Waals surface area contributed by atoms with E-state index in [2.05, 4.69) is 16.9 Å². The van der Waals surface area contributed by atoms with Gasteiger partial charge in [0.1, 0.15) is 5.82 Å². The molecule has 0 aliphatic rings. The van der Waals surface area contributed by atoms with E-state index in [1.807, 2.05) is 48.5 Å². The Balaban J connectivity index is 1.98. The average Bonchev–Trinajstić information content (AvgIpc) is 2.89. The fourth-order valence-corrected chi connectivity index (χ4v) is 2.31. The average molecular weight is 264 g/mol. The van der Waals surface area contributed by atoms with Gasteiger partial charge in [0.15, 0.2) is 5.78 Å². The van der Waals surface area contributed by atoms with Crippen LogP contribution in [0.5, 0.6) is 0 Å². The van der Waals surface area contributed by atoms with Crippen molar-refractivity contribution in [1.29, 1.82) is 0 Å². The summed E-state index contributed by atoms with van der Waals surface area (Å²) in [6.45, 7) is 2.12. The number of fused-ring (bicyclic) bond motifs is 1. The normalized spacial score (nSPS) is 10.8. The first kappa shape index (κ1) is 12.6. The van der Waals surface area contributed by atoms with Crippen molar-refractivity contribution in [1.82, 2.24) is 9.97 Å². The molecule has 3 heteroatoms. The summed E-state index contributed by atoms with van der Waals surface area (Å²) in [5, 5.41) is 0. The van der Waals surface area contributed by atoms with Gasteiger partial charge in [0.05, 0.1) is 11.0 Å². The second kappa shape index (κ2) is 5.29. The van der Waals surface area contributed by atoms with Crippen LogP contribution in [0, 0.1) is 0 Å². The van der Waals surface area contributed by atoms with Crippen molar-refractivity contribution in [2.45, 2.75) is 19.8 Å². The summed E-state index contributed by atoms with van der Waals surface area (Å²) in [6.07, 6.45) is 1.98. The molecule has 1 heterocycles. The van der Waals surface area contributed by atoms with Crippen molar-refractivity contribution in [2.24, 2.45) is 0 Å². The number of aromatic nitrogens is 2. The highest BCUT2D eigenvalue weighted by atomic mass is 16.1. The van der Waals surface area contributed by atoms with Crippen LogP contribution in [0.25, 0.3) is 11.0 Å². The molecule has 0 radical (unpaired) electrons. The minimum Gasteiger partial charge on any atom is -0.342 e. The molecule has 2 aromatic carbocycles. The molecule has 3 aromatic rings. The van der Waals surface area contributed by atoms with Gasteiger partial charge < -0.3 is 4.98 Å². The molecule has 0 aliphatic carbocycles. The summed E-state index contributed by atoms with van der Waals surface area (Å²) in [4.78, 5) is 20.2. The Morgan fingerprint density at radius 3 is 2.65 bits per heavy atom. The maximum atomic E-state index is 12.4. The molecule has 3 rings (SSSR count). The zero-order chi connectivity index (χ0) is 13.9. The highest BCUT2D eigenvalue weighted by Crippen LogP contribution is 2.17. The molecule has 1 aromatic heterocycles. The van der Waals surface area contributed by atoms with Crippen LogP contribution in [0.4, 0.5) is 0 Å². The maximum absolute atomic E-state index is 12.4. The molecule has 1 N–H and O–H groups in total. The summed E-state index contributed by atoms with van der Waals surface area (Å²) in [5.74, 6) is 1.01. The first-order valence-electron chi connectivity index (χ1n) is 6.86. The molecule has 0 unspecified atom stereocenters. The summed E-state index contributed by atoms with van der Waals surface area (Å²) >= 11 is 0. The monoisotopic (exact) mass is 264 g/mol. The van der Waals surface area contributed by atoms with Gasteiger partial charge in [-0.3, -0.25) is 4.79 Å². The lowest BCUT2D eigenvalue weighted by atomic mass is 10.0. The number of imidazole rings is 1. The van der Waals surface area contributed by atoms with Gasteiger partial charge in [-0.25, -0.2) is 4.98 Å². The predicted octanol–water partition coefficient (Wildman–Crippen LogP) is 3.75. The van der Waals surface area contributed by atoms with Crippen LogP contribution >= 0.6 is 0 Å². The zero-order valence-electron chi connectivity index (χ0n) is 11.4. The van der Waals surface area contributed by atoms with E-state index in [1.54, 1.807) is 0 Å². The van der Waals surface area contributed by atoms with Gasteiger partial charge in [-0.2, -0.15) is 0 Å². The number of rotatable bonds is 4. The Kier molecular flexibility index (Phi) is 3.33. The smallest absolute Gasteiger partial charge is 0.193 e. The van der Waals surface area contributed by atoms with Gasteiger partial charge in [-0.15, -0.1) is 0 Å². The van der Waals surface area contributed by atoms with Gasteiger partial charge >= 0.3 is 0 Å². The number of hydrogen-bond donors (Lipinski definition) is 1. The molecule has 0 aliphatic heterocycles. The van der Waals surface area contributed by atoms with Crippen LogP contribution in [0.3, 0.4) is 0 Å². The van der Waals surface area contributed by atoms with Crippen molar-refractivity contribution in [3.8, 4) is 0 Å². The van der Waals surface area contributed by atoms with Crippen LogP contribution < -0.4 is 0 Å². The topological polar surface area (TPSA) is 45.8 Å². The number of benzene rings is 2. The van der Waals surface area contributed by atoms with E-state index in [1.165, 1.54) is 0 Å². The van der Waals surface area contributed by atoms with Crippen LogP contribution in [0.15, 0.2) is 48.5 Å². The van der Waals surface area contributed by atoms with Crippen molar-refractivity contribution >= 4 is 16.8 Å². The van der Waals surface area contributed by atoms with E-state index in [0.717, 1.165) is 29.7 Å². The first-order valence-corrected chi connectivity index (χ1v) is 6.86. The molecule has 20 heavy (non-hydrogen) atoms. The lowest BCUT2D eigenvalue weighted by molar-refractivity contribution is 0.103. The van der Waals surface area contributed by atoms with E-state index >= 15 is 0 Å². The zero-order valence-corrected chi connectivity index (χ0v) is 11.4. The van der Waals surface area contributed by atoms with Gasteiger partial charge in [0.2, 0.25) is 0 Å². The van der Waals surface area contributed by atoms with E-state index in [-0.39, 0.29) is 5.78 Å². The number of hydrogen-bond acceptors (Lipinski definition) is 2. The van der Waals surface area contributed by atoms with Crippen molar-refractivity contribution in [3.05, 3.63) is 65.5 Å². The Labute approximate surface area is 117 Å². The summed E-state index contributed by atoms with van der Waals surface area (Å²) in [6, 6.07) is 15.0. The molecule has 0 spiro atoms. The summed E-state index contributed by atoms with van der Waals surface area (Å²) < 4.78 is 0. The third-order valence-electron chi connectivity index (χ3n) is 3.32. The van der Waals surface area contributed by atoms with Crippen molar-refractivity contribution in [2.75, 3.05) is 0 Å². The third kappa shape index (κ3) is 2.35. The Hall–Kier alpha value is -2.42. The minimum absolute atomic E-state index is 0.0348. The number of carbonyl (C=O) groups is 1. The molecule has 0 fully saturated rings. The van der Waals surface area contributed by atoms with E-state index in [0.29, 0.717) is 11.1 Å². The van der Waals surface area contributed by atoms with E-state index in [4.69, 9.17) is 0 Å². The first-order chi connectivity index (χ1) is 9.78. The van der Waals surface area contributed by atoms with Gasteiger partial charge in [-0.1, -0.05) is 37.3 Å². The van der Waals surface area contributed by atoms with Crippen LogP contribution in [-0.2, 0) is 6.42 Å². The fraction of sp³-hybridized carbons (Fsp3) is 0.176. The molecule has 0 saturated carbocycles. The van der Waals surface area contributed by atoms with Crippen molar-refractivity contribution in [3.63, 3.8) is 0 Å². The van der Waals surface area contributed by atoms with E-state index in [9.17, 15) is 4.79 Å². The second-order valence-electron chi connectivity index (χ2n) is 4.86. The summed E-state index contributed by atoms with van der Waals surface area (Å²) in [5.41, 5.74) is 3.22. The third-order valence-corrected chi connectivity index (χ3v) is 3.32. The number of nitrogens with one attached hydrogen (secondary N) is 1. The highest BCUT2D eigenvalue weighted by Gasteiger charge is 2.10. The molecule has 3 nitrogen and oxygen atoms in total. The lowest BCUT2D eigenvalue weighted by Gasteiger charge is -2.00. The van der Waals surface area contributed by atoms with Crippen LogP contribution in [0.2, 0.25) is 0 Å². The van der Waals surface area contributed by atoms with Crippen LogP contribution in [-0.4, -0.2) is 15.8 Å². The Morgan fingerprint density at radius 2 is 1.90 bits per heavy atom. The molecular formula is C17H16N2O.